The minimum Gasteiger partial charge on any atom is -0.366 e. The summed E-state index contributed by atoms with van der Waals surface area (Å²) in [6, 6.07) is 21.8. The molecule has 2 N–H and O–H groups in total. The van der Waals surface area contributed by atoms with E-state index in [1.54, 1.807) is 0 Å². The highest BCUT2D eigenvalue weighted by molar-refractivity contribution is 5.85. The van der Waals surface area contributed by atoms with Crippen LogP contribution in [0.4, 0.5) is 5.69 Å². The van der Waals surface area contributed by atoms with Crippen LogP contribution in [0.3, 0.4) is 0 Å². The monoisotopic (exact) mass is 352 g/mol. The number of rotatable bonds is 1. The van der Waals surface area contributed by atoms with Gasteiger partial charge in [0.2, 0.25) is 0 Å². The van der Waals surface area contributed by atoms with E-state index in [4.69, 9.17) is 0 Å². The van der Waals surface area contributed by atoms with Gasteiger partial charge in [0.15, 0.2) is 0 Å². The Kier molecular flexibility index (Phi) is 3.16. The summed E-state index contributed by atoms with van der Waals surface area (Å²) in [6.45, 7) is 1.02. The molecule has 4 nitrogen and oxygen atoms in total. The first-order valence-electron chi connectivity index (χ1n) is 9.51. The predicted octanol–water partition coefficient (Wildman–Crippen LogP) is 4.63. The van der Waals surface area contributed by atoms with E-state index in [1.807, 2.05) is 12.4 Å². The van der Waals surface area contributed by atoms with Crippen LogP contribution in [0.2, 0.25) is 0 Å². The molecule has 2 atom stereocenters. The van der Waals surface area contributed by atoms with Crippen molar-refractivity contribution in [2.24, 2.45) is 0 Å². The van der Waals surface area contributed by atoms with Crippen LogP contribution in [-0.2, 0) is 6.42 Å². The molecule has 0 fully saturated rings. The number of aromatic amines is 1. The maximum Gasteiger partial charge on any atom is 0.107 e. The topological polar surface area (TPSA) is 44.0 Å². The molecule has 4 heterocycles. The molecule has 0 saturated heterocycles. The SMILES string of the molecule is c1ccc2c(c1)N[C@H](c1ccncc1)N1CCc3c([nH]c4ccccc34)[C@H]21. The van der Waals surface area contributed by atoms with Crippen molar-refractivity contribution in [1.29, 1.82) is 0 Å². The second-order valence-electron chi connectivity index (χ2n) is 7.37. The predicted molar refractivity (Wildman–Crippen MR) is 108 cm³/mol. The van der Waals surface area contributed by atoms with Crippen molar-refractivity contribution in [3.05, 3.63) is 95.4 Å². The summed E-state index contributed by atoms with van der Waals surface area (Å²) in [6.07, 6.45) is 4.96. The molecular weight excluding hydrogens is 332 g/mol. The lowest BCUT2D eigenvalue weighted by Gasteiger charge is -2.46. The molecule has 0 aliphatic carbocycles. The molecule has 0 saturated carbocycles. The van der Waals surface area contributed by atoms with Crippen molar-refractivity contribution in [3.8, 4) is 0 Å². The zero-order valence-electron chi connectivity index (χ0n) is 14.9. The highest BCUT2D eigenvalue weighted by atomic mass is 15.3. The third kappa shape index (κ3) is 2.17. The molecule has 2 aliphatic heterocycles. The Morgan fingerprint density at radius 3 is 2.67 bits per heavy atom. The summed E-state index contributed by atoms with van der Waals surface area (Å²) in [5.41, 5.74) is 7.86. The van der Waals surface area contributed by atoms with Crippen LogP contribution in [0.25, 0.3) is 10.9 Å². The summed E-state index contributed by atoms with van der Waals surface area (Å²) >= 11 is 0. The number of pyridine rings is 1. The number of nitrogens with zero attached hydrogens (tertiary/aromatic N) is 2. The molecule has 4 heteroatoms. The van der Waals surface area contributed by atoms with E-state index >= 15 is 0 Å². The summed E-state index contributed by atoms with van der Waals surface area (Å²) < 4.78 is 0. The van der Waals surface area contributed by atoms with Gasteiger partial charge in [-0.3, -0.25) is 9.88 Å². The second-order valence-corrected chi connectivity index (χ2v) is 7.37. The first-order valence-corrected chi connectivity index (χ1v) is 9.51. The number of benzene rings is 2. The third-order valence-corrected chi connectivity index (χ3v) is 5.97. The number of H-pyrrole nitrogens is 1. The normalized spacial score (nSPS) is 21.2. The third-order valence-electron chi connectivity index (χ3n) is 5.97. The molecule has 2 aliphatic rings. The van der Waals surface area contributed by atoms with Gasteiger partial charge in [-0.1, -0.05) is 36.4 Å². The van der Waals surface area contributed by atoms with E-state index in [0.717, 1.165) is 13.0 Å². The number of nitrogens with one attached hydrogen (secondary N) is 2. The quantitative estimate of drug-likeness (QED) is 0.525. The number of para-hydroxylation sites is 2. The fourth-order valence-corrected chi connectivity index (χ4v) is 4.79. The number of fused-ring (bicyclic) bond motifs is 7. The largest absolute Gasteiger partial charge is 0.366 e. The maximum absolute atomic E-state index is 4.20. The van der Waals surface area contributed by atoms with E-state index in [2.05, 4.69) is 80.8 Å². The average molecular weight is 352 g/mol. The molecule has 4 aromatic rings. The van der Waals surface area contributed by atoms with Crippen LogP contribution in [0.5, 0.6) is 0 Å². The lowest BCUT2D eigenvalue weighted by atomic mass is 9.88. The van der Waals surface area contributed by atoms with E-state index in [1.165, 1.54) is 39.0 Å². The molecule has 0 spiro atoms. The van der Waals surface area contributed by atoms with Crippen molar-refractivity contribution >= 4 is 16.6 Å². The molecule has 6 rings (SSSR count). The molecule has 2 aromatic carbocycles. The standard InChI is InChI=1S/C23H20N4/c1-3-7-19-16(5-1)17-11-14-27-22(21(17)25-19)18-6-2-4-8-20(18)26-23(27)15-9-12-24-13-10-15/h1-10,12-13,22-23,25-26H,11,14H2/t22-,23-/m0/s1. The van der Waals surface area contributed by atoms with Crippen LogP contribution in [0.1, 0.15) is 34.6 Å². The van der Waals surface area contributed by atoms with Gasteiger partial charge in [0.25, 0.3) is 0 Å². The molecule has 0 radical (unpaired) electrons. The van der Waals surface area contributed by atoms with Crippen LogP contribution >= 0.6 is 0 Å². The Hall–Kier alpha value is -3.11. The van der Waals surface area contributed by atoms with Gasteiger partial charge < -0.3 is 10.3 Å². The summed E-state index contributed by atoms with van der Waals surface area (Å²) in [4.78, 5) is 10.5. The number of aromatic nitrogens is 2. The highest BCUT2D eigenvalue weighted by Gasteiger charge is 2.40. The molecule has 27 heavy (non-hydrogen) atoms. The lowest BCUT2D eigenvalue weighted by Crippen LogP contribution is -2.45. The molecule has 2 aromatic heterocycles. The lowest BCUT2D eigenvalue weighted by molar-refractivity contribution is 0.151. The highest BCUT2D eigenvalue weighted by Crippen LogP contribution is 2.47. The Balaban J connectivity index is 1.58. The number of hydrogen-bond acceptors (Lipinski definition) is 3. The zero-order valence-corrected chi connectivity index (χ0v) is 14.9. The molecule has 132 valence electrons. The van der Waals surface area contributed by atoms with Crippen LogP contribution in [-0.4, -0.2) is 21.4 Å². The average Bonchev–Trinajstić information content (AvgIpc) is 3.12. The Morgan fingerprint density at radius 2 is 1.74 bits per heavy atom. The van der Waals surface area contributed by atoms with Crippen LogP contribution in [0, 0.1) is 0 Å². The van der Waals surface area contributed by atoms with Crippen LogP contribution < -0.4 is 5.32 Å². The van der Waals surface area contributed by atoms with Crippen molar-refractivity contribution < 1.29 is 0 Å². The second kappa shape index (κ2) is 5.69. The minimum atomic E-state index is 0.146. The van der Waals surface area contributed by atoms with Crippen molar-refractivity contribution in [1.82, 2.24) is 14.9 Å². The molecule has 0 bridgehead atoms. The minimum absolute atomic E-state index is 0.146. The first kappa shape index (κ1) is 15.0. The van der Waals surface area contributed by atoms with Gasteiger partial charge in [-0.25, -0.2) is 0 Å². The van der Waals surface area contributed by atoms with E-state index in [-0.39, 0.29) is 12.2 Å². The first-order chi connectivity index (χ1) is 13.4. The van der Waals surface area contributed by atoms with Crippen LogP contribution in [0.15, 0.2) is 73.1 Å². The van der Waals surface area contributed by atoms with Gasteiger partial charge in [-0.15, -0.1) is 0 Å². The van der Waals surface area contributed by atoms with Gasteiger partial charge in [0.1, 0.15) is 6.17 Å². The fraction of sp³-hybridized carbons (Fsp3) is 0.174. The van der Waals surface area contributed by atoms with E-state index in [9.17, 15) is 0 Å². The number of anilines is 1. The summed E-state index contributed by atoms with van der Waals surface area (Å²) in [5, 5.41) is 5.13. The Bertz CT molecular complexity index is 1130. The molecule has 0 amide bonds. The smallest absolute Gasteiger partial charge is 0.107 e. The number of hydrogen-bond donors (Lipinski definition) is 2. The van der Waals surface area contributed by atoms with Gasteiger partial charge >= 0.3 is 0 Å². The molecule has 0 unspecified atom stereocenters. The summed E-state index contributed by atoms with van der Waals surface area (Å²) in [7, 11) is 0. The van der Waals surface area contributed by atoms with Gasteiger partial charge in [-0.05, 0) is 47.4 Å². The van der Waals surface area contributed by atoms with E-state index in [0.29, 0.717) is 0 Å². The zero-order chi connectivity index (χ0) is 17.8. The van der Waals surface area contributed by atoms with Crippen molar-refractivity contribution in [3.63, 3.8) is 0 Å². The van der Waals surface area contributed by atoms with Gasteiger partial charge in [-0.2, -0.15) is 0 Å². The van der Waals surface area contributed by atoms with Crippen molar-refractivity contribution in [2.45, 2.75) is 18.6 Å². The summed E-state index contributed by atoms with van der Waals surface area (Å²) in [5.74, 6) is 0. The van der Waals surface area contributed by atoms with E-state index < -0.39 is 0 Å². The Labute approximate surface area is 157 Å². The van der Waals surface area contributed by atoms with Gasteiger partial charge in [0.05, 0.1) is 6.04 Å². The molecular formula is C23H20N4. The maximum atomic E-state index is 4.20. The van der Waals surface area contributed by atoms with Crippen molar-refractivity contribution in [2.75, 3.05) is 11.9 Å². The fourth-order valence-electron chi connectivity index (χ4n) is 4.79. The van der Waals surface area contributed by atoms with Gasteiger partial charge in [0, 0.05) is 41.2 Å². The Morgan fingerprint density at radius 1 is 0.926 bits per heavy atom.